The van der Waals surface area contributed by atoms with Gasteiger partial charge in [0.2, 0.25) is 5.91 Å². The number of amides is 2. The molecule has 1 N–H and O–H groups in total. The number of likely N-dealkylation sites (tertiary alicyclic amines) is 1. The average molecular weight is 570 g/mol. The Morgan fingerprint density at radius 2 is 1.97 bits per heavy atom. The first-order valence-corrected chi connectivity index (χ1v) is 14.2. The normalized spacial score (nSPS) is 17.4. The van der Waals surface area contributed by atoms with Crippen LogP contribution in [0.3, 0.4) is 0 Å². The minimum absolute atomic E-state index is 0.152. The highest BCUT2D eigenvalue weighted by atomic mass is 35.5. The number of aldehydes is 1. The van der Waals surface area contributed by atoms with Crippen LogP contribution in [-0.4, -0.2) is 60.6 Å². The van der Waals surface area contributed by atoms with Crippen LogP contribution >= 0.6 is 23.2 Å². The number of aryl methyl sites for hydroxylation is 1. The van der Waals surface area contributed by atoms with E-state index in [1.807, 2.05) is 18.2 Å². The zero-order valence-corrected chi connectivity index (χ0v) is 23.7. The molecule has 0 saturated carbocycles. The number of unbranched alkanes of at least 4 members (excludes halogenated alkanes) is 1. The SMILES string of the molecule is CNC(=O)C(CCC=O)N1Cc2c(CCCCN3CCC(C#N)(c4cc(Cl)ccc4Cl)CC3)cccc2C1=O. The molecule has 0 aromatic heterocycles. The Morgan fingerprint density at radius 3 is 2.67 bits per heavy atom. The van der Waals surface area contributed by atoms with Crippen molar-refractivity contribution in [2.45, 2.75) is 62.9 Å². The molecule has 39 heavy (non-hydrogen) atoms. The van der Waals surface area contributed by atoms with Crippen LogP contribution in [0.2, 0.25) is 10.0 Å². The third-order valence-electron chi connectivity index (χ3n) is 8.11. The number of piperidine rings is 1. The van der Waals surface area contributed by atoms with E-state index in [4.69, 9.17) is 23.2 Å². The molecule has 0 radical (unpaired) electrons. The third kappa shape index (κ3) is 6.30. The summed E-state index contributed by atoms with van der Waals surface area (Å²) >= 11 is 12.6. The predicted octanol–water partition coefficient (Wildman–Crippen LogP) is 4.92. The number of hydrogen-bond donors (Lipinski definition) is 1. The van der Waals surface area contributed by atoms with Crippen molar-refractivity contribution in [2.24, 2.45) is 0 Å². The monoisotopic (exact) mass is 568 g/mol. The average Bonchev–Trinajstić information content (AvgIpc) is 3.29. The lowest BCUT2D eigenvalue weighted by Gasteiger charge is -2.38. The maximum Gasteiger partial charge on any atom is 0.255 e. The van der Waals surface area contributed by atoms with Crippen molar-refractivity contribution in [3.8, 4) is 6.07 Å². The number of nitrogens with one attached hydrogen (secondary N) is 1. The maximum atomic E-state index is 13.1. The van der Waals surface area contributed by atoms with Crippen molar-refractivity contribution in [3.63, 3.8) is 0 Å². The van der Waals surface area contributed by atoms with Crippen LogP contribution in [0.1, 0.15) is 65.6 Å². The molecule has 1 atom stereocenters. The summed E-state index contributed by atoms with van der Waals surface area (Å²) in [7, 11) is 1.55. The van der Waals surface area contributed by atoms with E-state index in [-0.39, 0.29) is 18.2 Å². The van der Waals surface area contributed by atoms with Gasteiger partial charge in [-0.05, 0) is 99.1 Å². The van der Waals surface area contributed by atoms with E-state index in [1.54, 1.807) is 24.1 Å². The summed E-state index contributed by atoms with van der Waals surface area (Å²) in [5.74, 6) is -0.403. The molecule has 1 unspecified atom stereocenters. The Balaban J connectivity index is 1.32. The van der Waals surface area contributed by atoms with E-state index >= 15 is 0 Å². The molecule has 9 heteroatoms. The van der Waals surface area contributed by atoms with Gasteiger partial charge in [0, 0.05) is 35.6 Å². The number of hydrogen-bond acceptors (Lipinski definition) is 5. The van der Waals surface area contributed by atoms with Gasteiger partial charge in [-0.3, -0.25) is 9.59 Å². The van der Waals surface area contributed by atoms with Gasteiger partial charge in [0.1, 0.15) is 12.3 Å². The lowest BCUT2D eigenvalue weighted by atomic mass is 9.74. The minimum Gasteiger partial charge on any atom is -0.357 e. The zero-order chi connectivity index (χ0) is 28.0. The summed E-state index contributed by atoms with van der Waals surface area (Å²) in [6.07, 6.45) is 5.55. The van der Waals surface area contributed by atoms with E-state index < -0.39 is 11.5 Å². The molecule has 0 spiro atoms. The van der Waals surface area contributed by atoms with Gasteiger partial charge >= 0.3 is 0 Å². The third-order valence-corrected chi connectivity index (χ3v) is 8.68. The van der Waals surface area contributed by atoms with E-state index in [0.29, 0.717) is 41.4 Å². The highest BCUT2D eigenvalue weighted by Crippen LogP contribution is 2.40. The van der Waals surface area contributed by atoms with Gasteiger partial charge in [-0.2, -0.15) is 5.26 Å². The van der Waals surface area contributed by atoms with Crippen LogP contribution in [-0.2, 0) is 28.0 Å². The van der Waals surface area contributed by atoms with Crippen molar-refractivity contribution in [1.29, 1.82) is 5.26 Å². The molecule has 2 aromatic rings. The Bertz CT molecular complexity index is 1270. The summed E-state index contributed by atoms with van der Waals surface area (Å²) in [6.45, 7) is 2.97. The van der Waals surface area contributed by atoms with Gasteiger partial charge in [0.15, 0.2) is 0 Å². The zero-order valence-electron chi connectivity index (χ0n) is 22.2. The Labute approximate surface area is 240 Å². The van der Waals surface area contributed by atoms with Crippen LogP contribution < -0.4 is 5.32 Å². The molecule has 1 saturated heterocycles. The van der Waals surface area contributed by atoms with Crippen molar-refractivity contribution < 1.29 is 14.4 Å². The summed E-state index contributed by atoms with van der Waals surface area (Å²) in [5.41, 5.74) is 2.98. The second kappa shape index (κ2) is 13.0. The number of fused-ring (bicyclic) bond motifs is 1. The number of carbonyl (C=O) groups excluding carboxylic acids is 3. The van der Waals surface area contributed by atoms with Crippen LogP contribution in [0.5, 0.6) is 0 Å². The van der Waals surface area contributed by atoms with E-state index in [2.05, 4.69) is 22.4 Å². The number of nitriles is 1. The van der Waals surface area contributed by atoms with Gasteiger partial charge in [0.25, 0.3) is 5.91 Å². The summed E-state index contributed by atoms with van der Waals surface area (Å²) in [5, 5.41) is 13.8. The molecular formula is C30H34Cl2N4O3. The fraction of sp³-hybridized carbons (Fsp3) is 0.467. The summed E-state index contributed by atoms with van der Waals surface area (Å²) < 4.78 is 0. The second-order valence-corrected chi connectivity index (χ2v) is 11.2. The summed E-state index contributed by atoms with van der Waals surface area (Å²) in [6, 6.07) is 13.0. The number of halogens is 2. The topological polar surface area (TPSA) is 93.5 Å². The first-order chi connectivity index (χ1) is 18.8. The minimum atomic E-state index is -0.658. The van der Waals surface area contributed by atoms with Gasteiger partial charge in [0.05, 0.1) is 11.5 Å². The summed E-state index contributed by atoms with van der Waals surface area (Å²) in [4.78, 5) is 40.5. The lowest BCUT2D eigenvalue weighted by Crippen LogP contribution is -2.46. The molecule has 0 aliphatic carbocycles. The smallest absolute Gasteiger partial charge is 0.255 e. The Kier molecular flexibility index (Phi) is 9.66. The molecule has 2 aliphatic rings. The molecule has 7 nitrogen and oxygen atoms in total. The first kappa shape index (κ1) is 29.1. The number of nitrogens with zero attached hydrogens (tertiary/aromatic N) is 3. The van der Waals surface area contributed by atoms with Gasteiger partial charge in [-0.25, -0.2) is 0 Å². The lowest BCUT2D eigenvalue weighted by molar-refractivity contribution is -0.125. The van der Waals surface area contributed by atoms with Crippen LogP contribution in [0, 0.1) is 11.3 Å². The predicted molar refractivity (Wildman–Crippen MR) is 152 cm³/mol. The van der Waals surface area contributed by atoms with E-state index in [9.17, 15) is 19.6 Å². The fourth-order valence-electron chi connectivity index (χ4n) is 5.84. The molecule has 2 heterocycles. The molecule has 2 amide bonds. The first-order valence-electron chi connectivity index (χ1n) is 13.5. The van der Waals surface area contributed by atoms with Gasteiger partial charge in [-0.1, -0.05) is 35.3 Å². The second-order valence-electron chi connectivity index (χ2n) is 10.4. The van der Waals surface area contributed by atoms with Crippen LogP contribution in [0.25, 0.3) is 0 Å². The van der Waals surface area contributed by atoms with Crippen molar-refractivity contribution in [2.75, 3.05) is 26.7 Å². The maximum absolute atomic E-state index is 13.1. The molecular weight excluding hydrogens is 535 g/mol. The van der Waals surface area contributed by atoms with Crippen LogP contribution in [0.4, 0.5) is 0 Å². The highest BCUT2D eigenvalue weighted by molar-refractivity contribution is 6.33. The number of likely N-dealkylation sites (N-methyl/N-ethyl adjacent to an activating group) is 1. The van der Waals surface area contributed by atoms with Gasteiger partial charge < -0.3 is 19.9 Å². The molecule has 0 bridgehead atoms. The standard InChI is InChI=1S/C30H34Cl2N4O3/c1-34-28(38)27(9-5-17-37)36-19-24-21(7-4-8-23(24)29(36)39)6-2-3-14-35-15-12-30(20-33,13-16-35)25-18-22(31)10-11-26(25)32/h4,7-8,10-11,17-18,27H,2-3,5-6,9,12-16,19H2,1H3,(H,34,38). The molecule has 2 aromatic carbocycles. The quantitative estimate of drug-likeness (QED) is 0.306. The molecule has 206 valence electrons. The Morgan fingerprint density at radius 1 is 1.21 bits per heavy atom. The van der Waals surface area contributed by atoms with Crippen molar-refractivity contribution >= 4 is 41.3 Å². The molecule has 2 aliphatic heterocycles. The van der Waals surface area contributed by atoms with E-state index in [0.717, 1.165) is 61.9 Å². The number of rotatable bonds is 11. The Hall–Kier alpha value is -2.92. The largest absolute Gasteiger partial charge is 0.357 e. The van der Waals surface area contributed by atoms with Crippen molar-refractivity contribution in [1.82, 2.24) is 15.1 Å². The van der Waals surface area contributed by atoms with E-state index in [1.165, 1.54) is 0 Å². The van der Waals surface area contributed by atoms with Crippen LogP contribution in [0.15, 0.2) is 36.4 Å². The molecule has 1 fully saturated rings. The fourth-order valence-corrected chi connectivity index (χ4v) is 6.31. The molecule has 4 rings (SSSR count). The van der Waals surface area contributed by atoms with Crippen molar-refractivity contribution in [3.05, 3.63) is 68.7 Å². The highest BCUT2D eigenvalue weighted by Gasteiger charge is 2.38. The van der Waals surface area contributed by atoms with Gasteiger partial charge in [-0.15, -0.1) is 0 Å². The number of carbonyl (C=O) groups is 3. The number of benzene rings is 2.